The number of ether oxygens (including phenoxy) is 1. The van der Waals surface area contributed by atoms with Crippen molar-refractivity contribution in [2.75, 3.05) is 44.0 Å². The van der Waals surface area contributed by atoms with Gasteiger partial charge in [0.2, 0.25) is 11.3 Å². The highest BCUT2D eigenvalue weighted by molar-refractivity contribution is 6.33. The van der Waals surface area contributed by atoms with Gasteiger partial charge in [0.25, 0.3) is 5.91 Å². The van der Waals surface area contributed by atoms with Crippen LogP contribution in [0.25, 0.3) is 11.2 Å². The molecule has 3 aliphatic rings. The van der Waals surface area contributed by atoms with Crippen molar-refractivity contribution < 1.29 is 32.6 Å². The second kappa shape index (κ2) is 12.1. The van der Waals surface area contributed by atoms with Crippen molar-refractivity contribution in [3.05, 3.63) is 73.9 Å². The molecule has 1 aliphatic carbocycles. The molecule has 1 aromatic carbocycles. The minimum absolute atomic E-state index is 0.00431. The zero-order valence-electron chi connectivity index (χ0n) is 27.4. The van der Waals surface area contributed by atoms with E-state index in [1.165, 1.54) is 6.20 Å². The second-order valence-corrected chi connectivity index (χ2v) is 13.7. The number of hydrogen-bond donors (Lipinski definition) is 2. The molecule has 0 unspecified atom stereocenters. The summed E-state index contributed by atoms with van der Waals surface area (Å²) >= 11 is 6.12. The van der Waals surface area contributed by atoms with Gasteiger partial charge in [0.1, 0.15) is 12.4 Å². The maximum Gasteiger partial charge on any atom is 0.416 e. The van der Waals surface area contributed by atoms with Crippen LogP contribution in [0, 0.1) is 0 Å². The molecular weight excluding hydrogens is 679 g/mol. The van der Waals surface area contributed by atoms with E-state index in [2.05, 4.69) is 20.3 Å². The lowest BCUT2D eigenvalue weighted by atomic mass is 9.73. The van der Waals surface area contributed by atoms with Gasteiger partial charge in [0, 0.05) is 62.0 Å². The number of nitrogens with one attached hydrogen (secondary N) is 1. The standard InChI is InChI=1S/C34H33ClF3N7O5/c1-17-13-33(7-9-44(10-8-33)32(49)26-29(48)30-18(14-39-26)6-11-50-30)24-27(17)45(31-25(28(24)47)42-22(15-40-31)43(2)3)16-23(46)41-21-5-4-19(12-20(21)35)34(36,37)38/h4-5,12,14-15,17,48H,6-11,13,16H2,1-3H3,(H,41,46)/t17-/m0/s1. The second-order valence-electron chi connectivity index (χ2n) is 13.3. The van der Waals surface area contributed by atoms with Crippen LogP contribution in [0.5, 0.6) is 11.5 Å². The van der Waals surface area contributed by atoms with Gasteiger partial charge in [-0.15, -0.1) is 0 Å². The molecular formula is C34H33ClF3N7O5. The van der Waals surface area contributed by atoms with Crippen molar-refractivity contribution in [1.82, 2.24) is 24.4 Å². The highest BCUT2D eigenvalue weighted by Crippen LogP contribution is 2.51. The van der Waals surface area contributed by atoms with E-state index in [0.717, 1.165) is 23.8 Å². The Morgan fingerprint density at radius 3 is 2.60 bits per heavy atom. The fourth-order valence-electron chi connectivity index (χ4n) is 7.54. The number of benzene rings is 1. The van der Waals surface area contributed by atoms with Crippen molar-refractivity contribution in [2.45, 2.75) is 56.7 Å². The number of alkyl halides is 3. The van der Waals surface area contributed by atoms with E-state index in [1.807, 2.05) is 6.92 Å². The summed E-state index contributed by atoms with van der Waals surface area (Å²) in [7, 11) is 3.53. The Morgan fingerprint density at radius 2 is 1.92 bits per heavy atom. The van der Waals surface area contributed by atoms with E-state index in [9.17, 15) is 32.7 Å². The van der Waals surface area contributed by atoms with E-state index < -0.39 is 29.0 Å². The number of hydrogen-bond acceptors (Lipinski definition) is 9. The van der Waals surface area contributed by atoms with Crippen LogP contribution in [0.2, 0.25) is 5.02 Å². The van der Waals surface area contributed by atoms with E-state index >= 15 is 0 Å². The van der Waals surface area contributed by atoms with E-state index in [0.29, 0.717) is 49.4 Å². The molecule has 1 saturated heterocycles. The van der Waals surface area contributed by atoms with Gasteiger partial charge in [0.15, 0.2) is 28.4 Å². The van der Waals surface area contributed by atoms with Crippen molar-refractivity contribution >= 4 is 46.1 Å². The molecule has 1 fully saturated rings. The van der Waals surface area contributed by atoms with Gasteiger partial charge in [0.05, 0.1) is 29.1 Å². The average Bonchev–Trinajstić information content (AvgIpc) is 3.66. The lowest BCUT2D eigenvalue weighted by molar-refractivity contribution is -0.137. The molecule has 2 N–H and O–H groups in total. The number of fused-ring (bicyclic) bond motifs is 4. The summed E-state index contributed by atoms with van der Waals surface area (Å²) in [5.41, 5.74) is 0.196. The molecule has 0 saturated carbocycles. The highest BCUT2D eigenvalue weighted by atomic mass is 35.5. The van der Waals surface area contributed by atoms with Crippen LogP contribution in [0.15, 0.2) is 35.4 Å². The fourth-order valence-corrected chi connectivity index (χ4v) is 7.77. The zero-order valence-corrected chi connectivity index (χ0v) is 28.2. The van der Waals surface area contributed by atoms with Crippen LogP contribution < -0.4 is 20.4 Å². The van der Waals surface area contributed by atoms with Gasteiger partial charge in [-0.05, 0) is 43.4 Å². The van der Waals surface area contributed by atoms with Crippen molar-refractivity contribution in [1.29, 1.82) is 0 Å². The average molecular weight is 712 g/mol. The molecule has 12 nitrogen and oxygen atoms in total. The molecule has 5 heterocycles. The van der Waals surface area contributed by atoms with E-state index in [1.54, 1.807) is 34.7 Å². The number of amides is 2. The Hall–Kier alpha value is -4.92. The number of anilines is 2. The highest BCUT2D eigenvalue weighted by Gasteiger charge is 2.49. The third-order valence-corrected chi connectivity index (χ3v) is 10.2. The van der Waals surface area contributed by atoms with Gasteiger partial charge < -0.3 is 29.5 Å². The topological polar surface area (TPSA) is 143 Å². The minimum atomic E-state index is -4.60. The number of carbonyl (C=O) groups is 2. The predicted molar refractivity (Wildman–Crippen MR) is 178 cm³/mol. The van der Waals surface area contributed by atoms with E-state index in [4.69, 9.17) is 16.3 Å². The third-order valence-electron chi connectivity index (χ3n) is 9.92. The Morgan fingerprint density at radius 1 is 1.18 bits per heavy atom. The molecule has 1 atom stereocenters. The number of aromatic nitrogens is 4. The summed E-state index contributed by atoms with van der Waals surface area (Å²) < 4.78 is 46.8. The summed E-state index contributed by atoms with van der Waals surface area (Å²) in [6.07, 6.45) is 0.497. The molecule has 1 spiro atoms. The normalized spacial score (nSPS) is 17.8. The number of piperidine rings is 1. The molecule has 7 rings (SSSR count). The molecule has 262 valence electrons. The van der Waals surface area contributed by atoms with Crippen LogP contribution in [-0.2, 0) is 29.4 Å². The van der Waals surface area contributed by atoms with Gasteiger partial charge in [-0.3, -0.25) is 14.4 Å². The van der Waals surface area contributed by atoms with Crippen LogP contribution in [0.1, 0.15) is 65.0 Å². The maximum atomic E-state index is 14.4. The van der Waals surface area contributed by atoms with Gasteiger partial charge in [-0.1, -0.05) is 18.5 Å². The Kier molecular flexibility index (Phi) is 8.15. The van der Waals surface area contributed by atoms with Crippen molar-refractivity contribution in [3.63, 3.8) is 0 Å². The number of aromatic hydroxyl groups is 1. The molecule has 50 heavy (non-hydrogen) atoms. The van der Waals surface area contributed by atoms with Crippen molar-refractivity contribution in [2.24, 2.45) is 0 Å². The van der Waals surface area contributed by atoms with Crippen LogP contribution >= 0.6 is 11.6 Å². The summed E-state index contributed by atoms with van der Waals surface area (Å²) in [5, 5.41) is 13.1. The van der Waals surface area contributed by atoms with Crippen LogP contribution in [0.3, 0.4) is 0 Å². The molecule has 16 heteroatoms. The number of likely N-dealkylation sites (tertiary alicyclic amines) is 1. The first-order valence-electron chi connectivity index (χ1n) is 16.1. The number of carbonyl (C=O) groups excluding carboxylic acids is 2. The Balaban J connectivity index is 1.23. The first-order chi connectivity index (χ1) is 23.7. The molecule has 0 bridgehead atoms. The molecule has 2 amide bonds. The number of halogens is 4. The number of nitrogens with zero attached hydrogens (tertiary/aromatic N) is 6. The predicted octanol–water partition coefficient (Wildman–Crippen LogP) is 4.89. The summed E-state index contributed by atoms with van der Waals surface area (Å²) in [4.78, 5) is 58.2. The monoisotopic (exact) mass is 711 g/mol. The summed E-state index contributed by atoms with van der Waals surface area (Å²) in [6.45, 7) is 2.63. The summed E-state index contributed by atoms with van der Waals surface area (Å²) in [6, 6.07) is 2.68. The lowest BCUT2D eigenvalue weighted by Crippen LogP contribution is -2.46. The Labute approximate surface area is 288 Å². The fraction of sp³-hybridized carbons (Fsp3) is 0.412. The van der Waals surface area contributed by atoms with Gasteiger partial charge in [-0.25, -0.2) is 15.0 Å². The molecule has 4 aromatic rings. The first-order valence-corrected chi connectivity index (χ1v) is 16.5. The smallest absolute Gasteiger partial charge is 0.416 e. The lowest BCUT2D eigenvalue weighted by Gasteiger charge is -2.40. The number of rotatable bonds is 5. The van der Waals surface area contributed by atoms with Crippen LogP contribution in [-0.4, -0.2) is 75.1 Å². The Bertz CT molecular complexity index is 2130. The quantitative estimate of drug-likeness (QED) is 0.296. The minimum Gasteiger partial charge on any atom is -0.503 e. The van der Waals surface area contributed by atoms with Gasteiger partial charge >= 0.3 is 6.18 Å². The largest absolute Gasteiger partial charge is 0.503 e. The maximum absolute atomic E-state index is 14.4. The summed E-state index contributed by atoms with van der Waals surface area (Å²) in [5.74, 6) is -0.763. The van der Waals surface area contributed by atoms with Crippen LogP contribution in [0.4, 0.5) is 24.7 Å². The molecule has 3 aromatic heterocycles. The molecule has 2 aliphatic heterocycles. The third kappa shape index (κ3) is 5.56. The molecule has 0 radical (unpaired) electrons. The van der Waals surface area contributed by atoms with Crippen molar-refractivity contribution in [3.8, 4) is 11.5 Å². The SMILES string of the molecule is C[C@H]1CC2(CCN(C(=O)c3ncc4c(c3O)OCC4)CC2)c2c1n(CC(=O)Nc1ccc(C(F)(F)F)cc1Cl)c1ncc(N(C)C)nc1c2=O. The first kappa shape index (κ1) is 33.6. The van der Waals surface area contributed by atoms with Gasteiger partial charge in [-0.2, -0.15) is 13.2 Å². The van der Waals surface area contributed by atoms with E-state index in [-0.39, 0.29) is 70.0 Å². The number of pyridine rings is 2. The zero-order chi connectivity index (χ0) is 35.7.